The van der Waals surface area contributed by atoms with Gasteiger partial charge in [-0.2, -0.15) is 4.31 Å². The second kappa shape index (κ2) is 8.48. The van der Waals surface area contributed by atoms with Crippen molar-refractivity contribution in [2.75, 3.05) is 13.1 Å². The summed E-state index contributed by atoms with van der Waals surface area (Å²) in [5.41, 5.74) is 6.11. The van der Waals surface area contributed by atoms with Crippen LogP contribution in [0.4, 0.5) is 0 Å². The smallest absolute Gasteiger partial charge is 0.249 e. The lowest BCUT2D eigenvalue weighted by atomic mass is 10.1. The minimum absolute atomic E-state index is 0.221. The van der Waals surface area contributed by atoms with Gasteiger partial charge in [-0.3, -0.25) is 19.4 Å². The summed E-state index contributed by atoms with van der Waals surface area (Å²) < 4.78 is 27.1. The summed E-state index contributed by atoms with van der Waals surface area (Å²) in [6.07, 6.45) is 3.55. The summed E-state index contributed by atoms with van der Waals surface area (Å²) in [6, 6.07) is 5.28. The van der Waals surface area contributed by atoms with E-state index < -0.39 is 28.0 Å². The van der Waals surface area contributed by atoms with Gasteiger partial charge in [0, 0.05) is 17.6 Å². The van der Waals surface area contributed by atoms with Gasteiger partial charge in [-0.1, -0.05) is 6.07 Å². The zero-order valence-corrected chi connectivity index (χ0v) is 18.1. The molecule has 2 aliphatic heterocycles. The number of hydrogen-bond acceptors (Lipinski definition) is 7. The van der Waals surface area contributed by atoms with Crippen molar-refractivity contribution < 1.29 is 22.8 Å². The van der Waals surface area contributed by atoms with Crippen molar-refractivity contribution in [3.63, 3.8) is 0 Å². The summed E-state index contributed by atoms with van der Waals surface area (Å²) in [5, 5.41) is 1.73. The molecule has 2 aromatic heterocycles. The van der Waals surface area contributed by atoms with Crippen molar-refractivity contribution in [2.45, 2.75) is 30.7 Å². The fraction of sp³-hybridized carbons (Fsp3) is 0.350. The third-order valence-electron chi connectivity index (χ3n) is 5.55. The fourth-order valence-electron chi connectivity index (χ4n) is 4.15. The molecule has 0 aromatic carbocycles. The SMILES string of the molecule is NC(=O)c1ccsc1C[CH]C(=O)N1CCC2C1C(=O)CN2S(=O)(=O)Cc1ccccn1. The Hall–Kier alpha value is -2.63. The largest absolute Gasteiger partial charge is 0.366 e. The molecule has 11 heteroatoms. The average Bonchev–Trinajstić information content (AvgIpc) is 3.43. The van der Waals surface area contributed by atoms with Crippen LogP contribution in [0.5, 0.6) is 0 Å². The molecule has 0 saturated carbocycles. The van der Waals surface area contributed by atoms with Crippen LogP contribution < -0.4 is 5.73 Å². The third kappa shape index (κ3) is 4.25. The maximum absolute atomic E-state index is 12.9. The Morgan fingerprint density at radius 3 is 2.81 bits per heavy atom. The zero-order valence-electron chi connectivity index (χ0n) is 16.5. The van der Waals surface area contributed by atoms with Gasteiger partial charge in [-0.05, 0) is 36.4 Å². The van der Waals surface area contributed by atoms with Crippen LogP contribution in [0.15, 0.2) is 35.8 Å². The maximum Gasteiger partial charge on any atom is 0.249 e. The molecular weight excluding hydrogens is 440 g/mol. The van der Waals surface area contributed by atoms with Gasteiger partial charge in [-0.25, -0.2) is 8.42 Å². The number of amides is 2. The molecule has 163 valence electrons. The number of aromatic nitrogens is 1. The third-order valence-corrected chi connectivity index (χ3v) is 8.27. The van der Waals surface area contributed by atoms with Crippen molar-refractivity contribution in [3.05, 3.63) is 58.4 Å². The molecule has 2 atom stereocenters. The highest BCUT2D eigenvalue weighted by Crippen LogP contribution is 2.33. The van der Waals surface area contributed by atoms with E-state index in [0.29, 0.717) is 29.1 Å². The van der Waals surface area contributed by atoms with Gasteiger partial charge in [0.1, 0.15) is 11.8 Å². The number of thiophene rings is 1. The molecule has 2 N–H and O–H groups in total. The highest BCUT2D eigenvalue weighted by atomic mass is 32.2. The van der Waals surface area contributed by atoms with E-state index >= 15 is 0 Å². The minimum atomic E-state index is -3.76. The lowest BCUT2D eigenvalue weighted by Gasteiger charge is -2.24. The van der Waals surface area contributed by atoms with E-state index in [1.807, 2.05) is 0 Å². The first-order valence-electron chi connectivity index (χ1n) is 9.70. The van der Waals surface area contributed by atoms with Crippen molar-refractivity contribution in [1.82, 2.24) is 14.2 Å². The maximum atomic E-state index is 12.9. The number of nitrogens with two attached hydrogens (primary N) is 1. The zero-order chi connectivity index (χ0) is 22.2. The highest BCUT2D eigenvalue weighted by molar-refractivity contribution is 7.88. The van der Waals surface area contributed by atoms with Crippen molar-refractivity contribution >= 4 is 39.0 Å². The summed E-state index contributed by atoms with van der Waals surface area (Å²) in [7, 11) is -3.76. The van der Waals surface area contributed by atoms with Crippen LogP contribution >= 0.6 is 11.3 Å². The number of carbonyl (C=O) groups is 3. The number of primary amides is 1. The number of nitrogens with zero attached hydrogens (tertiary/aromatic N) is 3. The molecular formula is C20H21N4O5S2. The normalized spacial score (nSPS) is 21.4. The van der Waals surface area contributed by atoms with E-state index in [-0.39, 0.29) is 30.4 Å². The second-order valence-corrected chi connectivity index (χ2v) is 10.4. The Kier molecular flexibility index (Phi) is 5.91. The lowest BCUT2D eigenvalue weighted by molar-refractivity contribution is -0.133. The number of Topliss-reactive ketones (excluding diaryl/α,β-unsaturated/α-hetero) is 1. The predicted octanol–water partition coefficient (Wildman–Crippen LogP) is 0.373. The van der Waals surface area contributed by atoms with E-state index in [0.717, 1.165) is 0 Å². The van der Waals surface area contributed by atoms with Crippen LogP contribution in [0.2, 0.25) is 0 Å². The van der Waals surface area contributed by atoms with E-state index in [1.165, 1.54) is 33.2 Å². The van der Waals surface area contributed by atoms with E-state index in [9.17, 15) is 22.8 Å². The molecule has 1 radical (unpaired) electrons. The Balaban J connectivity index is 1.44. The first-order valence-corrected chi connectivity index (χ1v) is 12.2. The summed E-state index contributed by atoms with van der Waals surface area (Å²) >= 11 is 1.32. The van der Waals surface area contributed by atoms with E-state index in [1.54, 1.807) is 29.6 Å². The molecule has 2 fully saturated rings. The van der Waals surface area contributed by atoms with Gasteiger partial charge in [0.15, 0.2) is 5.78 Å². The molecule has 0 spiro atoms. The monoisotopic (exact) mass is 461 g/mol. The molecule has 4 rings (SSSR count). The van der Waals surface area contributed by atoms with Crippen molar-refractivity contribution in [2.24, 2.45) is 5.73 Å². The minimum Gasteiger partial charge on any atom is -0.366 e. The Morgan fingerprint density at radius 2 is 2.10 bits per heavy atom. The fourth-order valence-corrected chi connectivity index (χ4v) is 6.66. The number of rotatable bonds is 7. The molecule has 2 saturated heterocycles. The first kappa shape index (κ1) is 21.6. The van der Waals surface area contributed by atoms with Crippen LogP contribution in [0.1, 0.15) is 27.3 Å². The van der Waals surface area contributed by atoms with Gasteiger partial charge in [0.05, 0.1) is 30.3 Å². The Morgan fingerprint density at radius 1 is 1.29 bits per heavy atom. The number of pyridine rings is 1. The summed E-state index contributed by atoms with van der Waals surface area (Å²) in [4.78, 5) is 43.1. The van der Waals surface area contributed by atoms with Crippen LogP contribution in [0.3, 0.4) is 0 Å². The number of sulfonamides is 1. The molecule has 0 bridgehead atoms. The predicted molar refractivity (Wildman–Crippen MR) is 113 cm³/mol. The number of hydrogen-bond donors (Lipinski definition) is 1. The standard InChI is InChI=1S/C20H21N4O5S2/c21-20(27)14-7-10-30-17(14)4-5-18(26)23-9-6-15-19(23)16(25)11-24(15)31(28,29)12-13-3-1-2-8-22-13/h1-3,5,7-8,10,15,19H,4,6,9,11-12H2,(H2,21,27). The molecule has 2 unspecified atom stereocenters. The number of ketones is 1. The van der Waals surface area contributed by atoms with Crippen molar-refractivity contribution in [1.29, 1.82) is 0 Å². The van der Waals surface area contributed by atoms with Crippen LogP contribution in [0, 0.1) is 6.42 Å². The Bertz CT molecular complexity index is 1120. The Labute approximate surface area is 183 Å². The molecule has 2 aromatic rings. The first-order chi connectivity index (χ1) is 14.8. The van der Waals surface area contributed by atoms with Crippen molar-refractivity contribution in [3.8, 4) is 0 Å². The lowest BCUT2D eigenvalue weighted by Crippen LogP contribution is -2.44. The number of likely N-dealkylation sites (tertiary alicyclic amines) is 1. The summed E-state index contributed by atoms with van der Waals surface area (Å²) in [5.74, 6) is -1.49. The number of fused-ring (bicyclic) bond motifs is 1. The second-order valence-electron chi connectivity index (χ2n) is 7.45. The molecule has 31 heavy (non-hydrogen) atoms. The van der Waals surface area contributed by atoms with E-state index in [4.69, 9.17) is 5.73 Å². The molecule has 2 amide bonds. The van der Waals surface area contributed by atoms with Gasteiger partial charge in [0.25, 0.3) is 0 Å². The topological polar surface area (TPSA) is 131 Å². The molecule has 9 nitrogen and oxygen atoms in total. The van der Waals surface area contributed by atoms with Crippen LogP contribution in [0.25, 0.3) is 0 Å². The van der Waals surface area contributed by atoms with E-state index in [2.05, 4.69) is 4.98 Å². The van der Waals surface area contributed by atoms with Crippen LogP contribution in [-0.4, -0.2) is 65.4 Å². The van der Waals surface area contributed by atoms with Crippen LogP contribution in [-0.2, 0) is 31.8 Å². The van der Waals surface area contributed by atoms with Gasteiger partial charge < -0.3 is 10.6 Å². The molecule has 4 heterocycles. The van der Waals surface area contributed by atoms with Gasteiger partial charge in [-0.15, -0.1) is 11.3 Å². The van der Waals surface area contributed by atoms with Gasteiger partial charge >= 0.3 is 0 Å². The summed E-state index contributed by atoms with van der Waals surface area (Å²) in [6.45, 7) is 0.0458. The molecule has 2 aliphatic rings. The average molecular weight is 462 g/mol. The number of carbonyl (C=O) groups excluding carboxylic acids is 3. The quantitative estimate of drug-likeness (QED) is 0.634. The van der Waals surface area contributed by atoms with Gasteiger partial charge in [0.2, 0.25) is 21.8 Å². The molecule has 0 aliphatic carbocycles. The highest BCUT2D eigenvalue weighted by Gasteiger charge is 2.53.